The summed E-state index contributed by atoms with van der Waals surface area (Å²) >= 11 is 0. The average molecular weight is 364 g/mol. The first kappa shape index (κ1) is 17.4. The van der Waals surface area contributed by atoms with Crippen molar-refractivity contribution >= 4 is 21.2 Å². The van der Waals surface area contributed by atoms with Gasteiger partial charge in [0.05, 0.1) is 11.1 Å². The first-order valence-electron chi connectivity index (χ1n) is 7.95. The third kappa shape index (κ3) is 3.81. The Morgan fingerprint density at radius 1 is 1.40 bits per heavy atom. The Kier molecular flexibility index (Phi) is 4.51. The fraction of sp³-hybridized carbons (Fsp3) is 0.438. The van der Waals surface area contributed by atoms with Crippen LogP contribution in [0.15, 0.2) is 35.5 Å². The zero-order chi connectivity index (χ0) is 18.2. The third-order valence-electron chi connectivity index (χ3n) is 4.47. The molecule has 2 heterocycles. The van der Waals surface area contributed by atoms with Crippen LogP contribution in [0.1, 0.15) is 12.0 Å². The number of anilines is 1. The van der Waals surface area contributed by atoms with E-state index in [0.717, 1.165) is 32.2 Å². The highest BCUT2D eigenvalue weighted by Crippen LogP contribution is 2.32. The molecule has 1 aromatic heterocycles. The van der Waals surface area contributed by atoms with E-state index in [1.54, 1.807) is 10.7 Å². The summed E-state index contributed by atoms with van der Waals surface area (Å²) < 4.78 is 25.6. The summed E-state index contributed by atoms with van der Waals surface area (Å²) in [7, 11) is -1.79. The molecule has 0 radical (unpaired) electrons. The highest BCUT2D eigenvalue weighted by atomic mass is 32.2. The van der Waals surface area contributed by atoms with Gasteiger partial charge < -0.3 is 4.90 Å². The number of nitrogens with zero attached hydrogens (tertiary/aromatic N) is 4. The van der Waals surface area contributed by atoms with Gasteiger partial charge in [0.1, 0.15) is 4.90 Å². The topological polar surface area (TPSA) is 98.3 Å². The molecule has 8 nitrogen and oxygen atoms in total. The molecule has 2 aromatic rings. The van der Waals surface area contributed by atoms with Gasteiger partial charge >= 0.3 is 0 Å². The molecule has 1 aliphatic rings. The number of hydrogen-bond donors (Lipinski definition) is 0. The number of nitro benzene ring substituents is 1. The fourth-order valence-electron chi connectivity index (χ4n) is 3.29. The smallest absolute Gasteiger partial charge is 0.288 e. The second-order valence-corrected chi connectivity index (χ2v) is 8.49. The lowest BCUT2D eigenvalue weighted by atomic mass is 10.0. The van der Waals surface area contributed by atoms with Crippen LogP contribution in [-0.4, -0.2) is 42.5 Å². The van der Waals surface area contributed by atoms with Crippen LogP contribution in [0.4, 0.5) is 11.4 Å². The average Bonchev–Trinajstić information content (AvgIpc) is 3.15. The second kappa shape index (κ2) is 6.47. The summed E-state index contributed by atoms with van der Waals surface area (Å²) in [5.74, 6) is 0.445. The van der Waals surface area contributed by atoms with Crippen molar-refractivity contribution in [3.05, 3.63) is 46.3 Å². The maximum Gasteiger partial charge on any atom is 0.288 e. The molecular weight excluding hydrogens is 344 g/mol. The van der Waals surface area contributed by atoms with Gasteiger partial charge in [-0.25, -0.2) is 8.42 Å². The van der Waals surface area contributed by atoms with Crippen LogP contribution in [-0.2, 0) is 23.3 Å². The third-order valence-corrected chi connectivity index (χ3v) is 5.60. The molecule has 0 spiro atoms. The molecule has 1 aromatic carbocycles. The van der Waals surface area contributed by atoms with Crippen molar-refractivity contribution in [3.8, 4) is 0 Å². The molecule has 9 heteroatoms. The number of aryl methyl sites for hydroxylation is 1. The van der Waals surface area contributed by atoms with E-state index in [9.17, 15) is 18.5 Å². The van der Waals surface area contributed by atoms with E-state index in [2.05, 4.69) is 10.00 Å². The van der Waals surface area contributed by atoms with Crippen LogP contribution in [0.3, 0.4) is 0 Å². The molecule has 3 rings (SSSR count). The van der Waals surface area contributed by atoms with Gasteiger partial charge in [0.2, 0.25) is 0 Å². The molecule has 1 aliphatic heterocycles. The van der Waals surface area contributed by atoms with Crippen molar-refractivity contribution in [2.24, 2.45) is 13.0 Å². The van der Waals surface area contributed by atoms with Crippen molar-refractivity contribution in [1.82, 2.24) is 9.78 Å². The van der Waals surface area contributed by atoms with E-state index in [4.69, 9.17) is 0 Å². The summed E-state index contributed by atoms with van der Waals surface area (Å²) in [5.41, 5.74) is 1.51. The van der Waals surface area contributed by atoms with Gasteiger partial charge in [-0.1, -0.05) is 0 Å². The van der Waals surface area contributed by atoms with E-state index >= 15 is 0 Å². The lowest BCUT2D eigenvalue weighted by Gasteiger charge is -2.19. The molecule has 1 unspecified atom stereocenters. The first-order valence-corrected chi connectivity index (χ1v) is 9.84. The molecule has 0 aliphatic carbocycles. The van der Waals surface area contributed by atoms with E-state index < -0.39 is 14.8 Å². The minimum atomic E-state index is -3.67. The number of rotatable bonds is 5. The molecule has 25 heavy (non-hydrogen) atoms. The predicted octanol–water partition coefficient (Wildman–Crippen LogP) is 1.80. The van der Waals surface area contributed by atoms with Crippen molar-refractivity contribution < 1.29 is 13.3 Å². The van der Waals surface area contributed by atoms with Crippen LogP contribution >= 0.6 is 0 Å². The van der Waals surface area contributed by atoms with Crippen molar-refractivity contribution in [2.75, 3.05) is 24.2 Å². The summed E-state index contributed by atoms with van der Waals surface area (Å²) in [6.45, 7) is 1.59. The summed E-state index contributed by atoms with van der Waals surface area (Å²) in [6.07, 6.45) is 6.75. The lowest BCUT2D eigenvalue weighted by molar-refractivity contribution is -0.387. The zero-order valence-electron chi connectivity index (χ0n) is 14.1. The summed E-state index contributed by atoms with van der Waals surface area (Å²) in [5, 5.41) is 15.3. The van der Waals surface area contributed by atoms with Gasteiger partial charge in [-0.15, -0.1) is 0 Å². The van der Waals surface area contributed by atoms with Crippen molar-refractivity contribution in [2.45, 2.75) is 17.7 Å². The molecule has 1 saturated heterocycles. The first-order chi connectivity index (χ1) is 11.7. The number of aromatic nitrogens is 2. The SMILES string of the molecule is Cn1cc(CC2CCN(c3ccc([N+](=O)[O-])c(S(C)(=O)=O)c3)C2)cn1. The molecule has 1 fully saturated rings. The van der Waals surface area contributed by atoms with Gasteiger partial charge in [-0.05, 0) is 36.5 Å². The van der Waals surface area contributed by atoms with Crippen LogP contribution in [0.25, 0.3) is 0 Å². The Balaban J connectivity index is 1.79. The molecule has 1 atom stereocenters. The van der Waals surface area contributed by atoms with Gasteiger partial charge in [0.25, 0.3) is 5.69 Å². The quantitative estimate of drug-likeness (QED) is 0.593. The largest absolute Gasteiger partial charge is 0.371 e. The minimum Gasteiger partial charge on any atom is -0.371 e. The second-order valence-electron chi connectivity index (χ2n) is 6.51. The number of sulfone groups is 1. The van der Waals surface area contributed by atoms with Crippen molar-refractivity contribution in [1.29, 1.82) is 0 Å². The normalized spacial score (nSPS) is 17.8. The zero-order valence-corrected chi connectivity index (χ0v) is 14.9. The van der Waals surface area contributed by atoms with Gasteiger partial charge in [-0.3, -0.25) is 14.8 Å². The van der Waals surface area contributed by atoms with Crippen LogP contribution in [0.2, 0.25) is 0 Å². The molecular formula is C16H20N4O4S. The van der Waals surface area contributed by atoms with E-state index in [1.165, 1.54) is 17.7 Å². The van der Waals surface area contributed by atoms with Crippen LogP contribution in [0.5, 0.6) is 0 Å². The summed E-state index contributed by atoms with van der Waals surface area (Å²) in [4.78, 5) is 12.3. The molecule has 0 amide bonds. The monoisotopic (exact) mass is 364 g/mol. The van der Waals surface area contributed by atoms with Crippen molar-refractivity contribution in [3.63, 3.8) is 0 Å². The van der Waals surface area contributed by atoms with Gasteiger partial charge in [0, 0.05) is 44.3 Å². The molecule has 0 bridgehead atoms. The summed E-state index contributed by atoms with van der Waals surface area (Å²) in [6, 6.07) is 4.32. The Bertz CT molecular complexity index is 907. The number of nitro groups is 1. The van der Waals surface area contributed by atoms with Gasteiger partial charge in [-0.2, -0.15) is 5.10 Å². The van der Waals surface area contributed by atoms with E-state index in [1.807, 2.05) is 19.4 Å². The number of hydrogen-bond acceptors (Lipinski definition) is 6. The van der Waals surface area contributed by atoms with E-state index in [-0.39, 0.29) is 10.6 Å². The Morgan fingerprint density at radius 3 is 2.76 bits per heavy atom. The van der Waals surface area contributed by atoms with E-state index in [0.29, 0.717) is 11.6 Å². The van der Waals surface area contributed by atoms with Crippen LogP contribution < -0.4 is 4.90 Å². The highest BCUT2D eigenvalue weighted by Gasteiger charge is 2.27. The Labute approximate surface area is 146 Å². The highest BCUT2D eigenvalue weighted by molar-refractivity contribution is 7.90. The predicted molar refractivity (Wildman–Crippen MR) is 93.4 cm³/mol. The number of benzene rings is 1. The molecule has 0 saturated carbocycles. The maximum absolute atomic E-state index is 11.9. The fourth-order valence-corrected chi connectivity index (χ4v) is 4.15. The van der Waals surface area contributed by atoms with Gasteiger partial charge in [0.15, 0.2) is 9.84 Å². The standard InChI is InChI=1S/C16H20N4O4S/c1-18-10-13(9-17-18)7-12-5-6-19(11-12)14-3-4-15(20(21)22)16(8-14)25(2,23)24/h3-4,8-10,12H,5-7,11H2,1-2H3. The molecule has 0 N–H and O–H groups in total. The maximum atomic E-state index is 11.9. The van der Waals surface area contributed by atoms with Crippen LogP contribution in [0, 0.1) is 16.0 Å². The lowest BCUT2D eigenvalue weighted by Crippen LogP contribution is -2.20. The Morgan fingerprint density at radius 2 is 2.16 bits per heavy atom. The Hall–Kier alpha value is -2.42. The minimum absolute atomic E-state index is 0.231. The molecule has 134 valence electrons.